The Kier molecular flexibility index (Phi) is 3.95. The Hall–Kier alpha value is -2.40. The smallest absolute Gasteiger partial charge is 0.259 e. The van der Waals surface area contributed by atoms with E-state index in [0.29, 0.717) is 5.69 Å². The second kappa shape index (κ2) is 5.54. The van der Waals surface area contributed by atoms with Gasteiger partial charge in [-0.3, -0.25) is 14.4 Å². The first-order valence-corrected chi connectivity index (χ1v) is 6.47. The molecule has 0 aliphatic rings. The Morgan fingerprint density at radius 1 is 1.14 bits per heavy atom. The van der Waals surface area contributed by atoms with Crippen LogP contribution in [0.15, 0.2) is 29.1 Å². The van der Waals surface area contributed by atoms with Gasteiger partial charge in [-0.2, -0.15) is 0 Å². The highest BCUT2D eigenvalue weighted by Crippen LogP contribution is 2.23. The molecule has 0 aliphatic heterocycles. The number of hydrogen-bond donors (Lipinski definition) is 2. The van der Waals surface area contributed by atoms with Crippen LogP contribution in [-0.4, -0.2) is 21.7 Å². The quantitative estimate of drug-likeness (QED) is 0.853. The van der Waals surface area contributed by atoms with Gasteiger partial charge in [0.1, 0.15) is 5.75 Å². The molecule has 0 unspecified atom stereocenters. The number of pyridine rings is 1. The van der Waals surface area contributed by atoms with Crippen LogP contribution in [0.25, 0.3) is 0 Å². The summed E-state index contributed by atoms with van der Waals surface area (Å²) in [7, 11) is 0. The van der Waals surface area contributed by atoms with Crippen molar-refractivity contribution >= 4 is 23.2 Å². The van der Waals surface area contributed by atoms with Crippen LogP contribution in [0.1, 0.15) is 38.9 Å². The summed E-state index contributed by atoms with van der Waals surface area (Å²) in [5.74, 6) is -1.25. The molecule has 2 aromatic rings. The van der Waals surface area contributed by atoms with E-state index < -0.39 is 11.3 Å². The van der Waals surface area contributed by atoms with Crippen molar-refractivity contribution in [2.24, 2.45) is 0 Å². The van der Waals surface area contributed by atoms with Gasteiger partial charge in [0.2, 0.25) is 5.78 Å². The van der Waals surface area contributed by atoms with Gasteiger partial charge in [-0.05, 0) is 38.1 Å². The summed E-state index contributed by atoms with van der Waals surface area (Å²) in [6, 6.07) is 5.20. The summed E-state index contributed by atoms with van der Waals surface area (Å²) in [4.78, 5) is 38.3. The van der Waals surface area contributed by atoms with Crippen LogP contribution in [0.3, 0.4) is 0 Å². The summed E-state index contributed by atoms with van der Waals surface area (Å²) in [5, 5.41) is 9.99. The molecule has 0 saturated heterocycles. The number of halogens is 1. The first-order chi connectivity index (χ1) is 9.81. The summed E-state index contributed by atoms with van der Waals surface area (Å²) in [5.41, 5.74) is -0.296. The van der Waals surface area contributed by atoms with Gasteiger partial charge in [0, 0.05) is 16.3 Å². The predicted octanol–water partition coefficient (Wildman–Crippen LogP) is 2.48. The zero-order chi connectivity index (χ0) is 15.7. The van der Waals surface area contributed by atoms with E-state index in [9.17, 15) is 19.5 Å². The molecule has 0 bridgehead atoms. The molecule has 5 nitrogen and oxygen atoms in total. The first kappa shape index (κ1) is 15.0. The van der Waals surface area contributed by atoms with Gasteiger partial charge in [-0.25, -0.2) is 0 Å². The normalized spacial score (nSPS) is 10.4. The molecule has 0 radical (unpaired) electrons. The van der Waals surface area contributed by atoms with Crippen LogP contribution in [0.2, 0.25) is 5.02 Å². The third-order valence-electron chi connectivity index (χ3n) is 3.07. The van der Waals surface area contributed by atoms with E-state index in [4.69, 9.17) is 11.6 Å². The van der Waals surface area contributed by atoms with Crippen molar-refractivity contribution in [1.29, 1.82) is 0 Å². The lowest BCUT2D eigenvalue weighted by Gasteiger charge is -2.07. The number of hydrogen-bond acceptors (Lipinski definition) is 4. The van der Waals surface area contributed by atoms with Gasteiger partial charge in [0.15, 0.2) is 5.78 Å². The molecule has 0 spiro atoms. The zero-order valence-electron chi connectivity index (χ0n) is 11.4. The number of carbonyl (C=O) groups excluding carboxylic acids is 2. The van der Waals surface area contributed by atoms with E-state index in [0.717, 1.165) is 0 Å². The standard InChI is InChI=1S/C15H12ClNO4/c1-7-10(8(2)18)6-12(15(21)17-7)14(20)11-5-9(16)3-4-13(11)19/h3-6,19H,1-2H3,(H,17,21). The van der Waals surface area contributed by atoms with Crippen LogP contribution in [-0.2, 0) is 0 Å². The second-order valence-electron chi connectivity index (χ2n) is 4.60. The van der Waals surface area contributed by atoms with Gasteiger partial charge in [0.25, 0.3) is 5.56 Å². The van der Waals surface area contributed by atoms with Gasteiger partial charge >= 0.3 is 0 Å². The molecule has 6 heteroatoms. The number of benzene rings is 1. The van der Waals surface area contributed by atoms with Crippen molar-refractivity contribution in [1.82, 2.24) is 4.98 Å². The number of aryl methyl sites for hydroxylation is 1. The zero-order valence-corrected chi connectivity index (χ0v) is 12.1. The number of phenolic OH excluding ortho intramolecular Hbond substituents is 1. The summed E-state index contributed by atoms with van der Waals surface area (Å²) < 4.78 is 0. The number of rotatable bonds is 3. The summed E-state index contributed by atoms with van der Waals surface area (Å²) in [6.45, 7) is 2.91. The summed E-state index contributed by atoms with van der Waals surface area (Å²) >= 11 is 5.79. The van der Waals surface area contributed by atoms with Gasteiger partial charge in [-0.1, -0.05) is 11.6 Å². The Balaban J connectivity index is 2.64. The first-order valence-electron chi connectivity index (χ1n) is 6.09. The fraction of sp³-hybridized carbons (Fsp3) is 0.133. The van der Waals surface area contributed by atoms with E-state index in [-0.39, 0.29) is 33.2 Å². The van der Waals surface area contributed by atoms with E-state index in [1.54, 1.807) is 6.92 Å². The van der Waals surface area contributed by atoms with Crippen molar-refractivity contribution in [2.45, 2.75) is 13.8 Å². The predicted molar refractivity (Wildman–Crippen MR) is 78.4 cm³/mol. The number of ketones is 2. The Morgan fingerprint density at radius 2 is 1.81 bits per heavy atom. The van der Waals surface area contributed by atoms with Gasteiger partial charge < -0.3 is 10.1 Å². The molecule has 108 valence electrons. The molecule has 0 amide bonds. The van der Waals surface area contributed by atoms with Crippen LogP contribution >= 0.6 is 11.6 Å². The number of Topliss-reactive ketones (excluding diaryl/α,β-unsaturated/α-hetero) is 1. The molecular formula is C15H12ClNO4. The molecule has 0 atom stereocenters. The van der Waals surface area contributed by atoms with E-state index in [1.807, 2.05) is 0 Å². The molecule has 0 fully saturated rings. The van der Waals surface area contributed by atoms with E-state index in [2.05, 4.69) is 4.98 Å². The molecule has 0 saturated carbocycles. The minimum atomic E-state index is -0.696. The average Bonchev–Trinajstić information content (AvgIpc) is 2.40. The van der Waals surface area contributed by atoms with Crippen molar-refractivity contribution in [3.05, 3.63) is 62.0 Å². The molecule has 1 aromatic heterocycles. The molecule has 21 heavy (non-hydrogen) atoms. The number of carbonyl (C=O) groups is 2. The lowest BCUT2D eigenvalue weighted by Crippen LogP contribution is -2.21. The number of aromatic hydroxyl groups is 1. The van der Waals surface area contributed by atoms with Crippen LogP contribution < -0.4 is 5.56 Å². The van der Waals surface area contributed by atoms with Gasteiger partial charge in [-0.15, -0.1) is 0 Å². The fourth-order valence-corrected chi connectivity index (χ4v) is 2.16. The lowest BCUT2D eigenvalue weighted by atomic mass is 10.0. The van der Waals surface area contributed by atoms with Gasteiger partial charge in [0.05, 0.1) is 11.1 Å². The minimum absolute atomic E-state index is 0.0913. The van der Waals surface area contributed by atoms with Crippen molar-refractivity contribution in [3.63, 3.8) is 0 Å². The topological polar surface area (TPSA) is 87.2 Å². The van der Waals surface area contributed by atoms with Crippen LogP contribution in [0.4, 0.5) is 0 Å². The van der Waals surface area contributed by atoms with Crippen molar-refractivity contribution in [2.75, 3.05) is 0 Å². The second-order valence-corrected chi connectivity index (χ2v) is 5.03. The highest BCUT2D eigenvalue weighted by atomic mass is 35.5. The molecule has 0 aliphatic carbocycles. The van der Waals surface area contributed by atoms with E-state index in [1.165, 1.54) is 31.2 Å². The number of nitrogens with one attached hydrogen (secondary N) is 1. The average molecular weight is 306 g/mol. The number of aromatic amines is 1. The highest BCUT2D eigenvalue weighted by molar-refractivity contribution is 6.31. The Labute approximate surface area is 125 Å². The maximum Gasteiger partial charge on any atom is 0.259 e. The SMILES string of the molecule is CC(=O)c1cc(C(=O)c2cc(Cl)ccc2O)c(=O)[nH]c1C. The monoisotopic (exact) mass is 305 g/mol. The number of aromatic nitrogens is 1. The summed E-state index contributed by atoms with van der Waals surface area (Å²) in [6.07, 6.45) is 0. The van der Waals surface area contributed by atoms with Crippen LogP contribution in [0, 0.1) is 6.92 Å². The molecule has 1 heterocycles. The molecule has 2 rings (SSSR count). The highest BCUT2D eigenvalue weighted by Gasteiger charge is 2.19. The largest absolute Gasteiger partial charge is 0.507 e. The maximum absolute atomic E-state index is 12.4. The minimum Gasteiger partial charge on any atom is -0.507 e. The lowest BCUT2D eigenvalue weighted by molar-refractivity contribution is 0.101. The van der Waals surface area contributed by atoms with Crippen molar-refractivity contribution in [3.8, 4) is 5.75 Å². The molecule has 1 aromatic carbocycles. The third kappa shape index (κ3) is 2.87. The number of phenols is 1. The molecule has 2 N–H and O–H groups in total. The van der Waals surface area contributed by atoms with Crippen LogP contribution in [0.5, 0.6) is 5.75 Å². The number of H-pyrrole nitrogens is 1. The third-order valence-corrected chi connectivity index (χ3v) is 3.30. The van der Waals surface area contributed by atoms with Crippen molar-refractivity contribution < 1.29 is 14.7 Å². The fourth-order valence-electron chi connectivity index (χ4n) is 1.99. The maximum atomic E-state index is 12.4. The Morgan fingerprint density at radius 3 is 2.43 bits per heavy atom. The van der Waals surface area contributed by atoms with E-state index >= 15 is 0 Å². The Bertz CT molecular complexity index is 808. The molecular weight excluding hydrogens is 294 g/mol.